The zero-order chi connectivity index (χ0) is 21.7. The number of carbonyl (C=O) groups excluding carboxylic acids is 1. The van der Waals surface area contributed by atoms with Crippen LogP contribution in [0.5, 0.6) is 5.75 Å². The Bertz CT molecular complexity index is 950. The standard InChI is InChI=1S/C23H30N2O4S/c1-4-22(25(30(3,27)28)19-13-9-17(2)10-14-19)23(26)24-18-11-15-21(16-12-18)29-20-7-5-6-8-20/h9-16,20,22H,4-8H2,1-3H3,(H,24,26)/t22-/m1/s1. The highest BCUT2D eigenvalue weighted by Crippen LogP contribution is 2.26. The number of amides is 1. The molecule has 0 radical (unpaired) electrons. The maximum atomic E-state index is 13.0. The highest BCUT2D eigenvalue weighted by atomic mass is 32.2. The number of ether oxygens (including phenoxy) is 1. The van der Waals surface area contributed by atoms with Gasteiger partial charge in [-0.25, -0.2) is 8.42 Å². The SMILES string of the molecule is CC[C@H](C(=O)Nc1ccc(OC2CCCC2)cc1)N(c1ccc(C)cc1)S(C)(=O)=O. The minimum atomic E-state index is -3.65. The van der Waals surface area contributed by atoms with Gasteiger partial charge < -0.3 is 10.1 Å². The van der Waals surface area contributed by atoms with Crippen molar-refractivity contribution < 1.29 is 17.9 Å². The van der Waals surface area contributed by atoms with Crippen LogP contribution in [0, 0.1) is 6.92 Å². The molecule has 1 atom stereocenters. The molecular formula is C23H30N2O4S. The van der Waals surface area contributed by atoms with Gasteiger partial charge in [-0.15, -0.1) is 0 Å². The summed E-state index contributed by atoms with van der Waals surface area (Å²) in [5, 5.41) is 2.85. The fraction of sp³-hybridized carbons (Fsp3) is 0.435. The van der Waals surface area contributed by atoms with Crippen LogP contribution in [0.1, 0.15) is 44.6 Å². The van der Waals surface area contributed by atoms with Crippen LogP contribution in [0.3, 0.4) is 0 Å². The summed E-state index contributed by atoms with van der Waals surface area (Å²) >= 11 is 0. The van der Waals surface area contributed by atoms with E-state index in [9.17, 15) is 13.2 Å². The summed E-state index contributed by atoms with van der Waals surface area (Å²) in [6.07, 6.45) is 6.30. The van der Waals surface area contributed by atoms with Crippen LogP contribution in [-0.2, 0) is 14.8 Å². The quantitative estimate of drug-likeness (QED) is 0.669. The van der Waals surface area contributed by atoms with Gasteiger partial charge >= 0.3 is 0 Å². The smallest absolute Gasteiger partial charge is 0.248 e. The monoisotopic (exact) mass is 430 g/mol. The molecule has 0 heterocycles. The molecule has 6 nitrogen and oxygen atoms in total. The second kappa shape index (κ2) is 9.51. The molecule has 1 aliphatic rings. The Kier molecular flexibility index (Phi) is 7.02. The Morgan fingerprint density at radius 2 is 1.70 bits per heavy atom. The summed E-state index contributed by atoms with van der Waals surface area (Å²) < 4.78 is 32.2. The van der Waals surface area contributed by atoms with Crippen molar-refractivity contribution in [1.29, 1.82) is 0 Å². The molecule has 1 amide bonds. The molecule has 3 rings (SSSR count). The van der Waals surface area contributed by atoms with Gasteiger partial charge in [-0.1, -0.05) is 24.6 Å². The summed E-state index contributed by atoms with van der Waals surface area (Å²) in [5.74, 6) is 0.414. The van der Waals surface area contributed by atoms with Crippen molar-refractivity contribution in [2.24, 2.45) is 0 Å². The minimum Gasteiger partial charge on any atom is -0.490 e. The normalized spacial score (nSPS) is 15.6. The maximum Gasteiger partial charge on any atom is 0.248 e. The third kappa shape index (κ3) is 5.53. The lowest BCUT2D eigenvalue weighted by molar-refractivity contribution is -0.117. The average Bonchev–Trinajstić information content (AvgIpc) is 3.20. The van der Waals surface area contributed by atoms with Crippen LogP contribution in [0.25, 0.3) is 0 Å². The first-order valence-electron chi connectivity index (χ1n) is 10.4. The molecule has 0 unspecified atom stereocenters. The number of anilines is 2. The van der Waals surface area contributed by atoms with Gasteiger partial charge in [0.05, 0.1) is 18.0 Å². The van der Waals surface area contributed by atoms with Gasteiger partial charge in [0, 0.05) is 5.69 Å². The number of aryl methyl sites for hydroxylation is 1. The third-order valence-corrected chi connectivity index (χ3v) is 6.52. The Hall–Kier alpha value is -2.54. The van der Waals surface area contributed by atoms with Gasteiger partial charge in [0.2, 0.25) is 15.9 Å². The van der Waals surface area contributed by atoms with E-state index >= 15 is 0 Å². The zero-order valence-electron chi connectivity index (χ0n) is 17.8. The summed E-state index contributed by atoms with van der Waals surface area (Å²) in [6, 6.07) is 13.5. The first kappa shape index (κ1) is 22.2. The molecule has 162 valence electrons. The minimum absolute atomic E-state index is 0.271. The topological polar surface area (TPSA) is 75.7 Å². The number of benzene rings is 2. The predicted molar refractivity (Wildman–Crippen MR) is 121 cm³/mol. The van der Waals surface area contributed by atoms with E-state index in [1.165, 1.54) is 17.1 Å². The number of sulfonamides is 1. The van der Waals surface area contributed by atoms with E-state index in [1.54, 1.807) is 31.2 Å². The number of carbonyl (C=O) groups is 1. The fourth-order valence-corrected chi connectivity index (χ4v) is 5.00. The van der Waals surface area contributed by atoms with Gasteiger partial charge in [0.15, 0.2) is 0 Å². The number of nitrogens with one attached hydrogen (secondary N) is 1. The van der Waals surface area contributed by atoms with Gasteiger partial charge in [0.25, 0.3) is 0 Å². The van der Waals surface area contributed by atoms with Crippen LogP contribution in [-0.4, -0.2) is 32.7 Å². The van der Waals surface area contributed by atoms with E-state index < -0.39 is 16.1 Å². The number of hydrogen-bond donors (Lipinski definition) is 1. The lowest BCUT2D eigenvalue weighted by atomic mass is 10.1. The summed E-state index contributed by atoms with van der Waals surface area (Å²) in [6.45, 7) is 3.73. The number of hydrogen-bond acceptors (Lipinski definition) is 4. The first-order valence-corrected chi connectivity index (χ1v) is 12.3. The van der Waals surface area contributed by atoms with Crippen molar-refractivity contribution in [3.63, 3.8) is 0 Å². The van der Waals surface area contributed by atoms with Crippen molar-refractivity contribution >= 4 is 27.3 Å². The molecule has 2 aromatic rings. The largest absolute Gasteiger partial charge is 0.490 e. The van der Waals surface area contributed by atoms with Crippen molar-refractivity contribution in [3.05, 3.63) is 54.1 Å². The molecule has 1 aliphatic carbocycles. The van der Waals surface area contributed by atoms with Crippen molar-refractivity contribution in [2.75, 3.05) is 15.9 Å². The van der Waals surface area contributed by atoms with Crippen LogP contribution in [0.4, 0.5) is 11.4 Å². The second-order valence-electron chi connectivity index (χ2n) is 7.86. The lowest BCUT2D eigenvalue weighted by Gasteiger charge is -2.30. The number of nitrogens with zero attached hydrogens (tertiary/aromatic N) is 1. The molecule has 0 saturated heterocycles. The van der Waals surface area contributed by atoms with E-state index in [-0.39, 0.29) is 12.0 Å². The average molecular weight is 431 g/mol. The molecule has 30 heavy (non-hydrogen) atoms. The van der Waals surface area contributed by atoms with Gasteiger partial charge in [-0.2, -0.15) is 0 Å². The molecule has 1 fully saturated rings. The zero-order valence-corrected chi connectivity index (χ0v) is 18.6. The Morgan fingerprint density at radius 1 is 1.10 bits per heavy atom. The molecule has 7 heteroatoms. The molecule has 2 aromatic carbocycles. The van der Waals surface area contributed by atoms with Gasteiger partial charge in [-0.3, -0.25) is 9.10 Å². The molecule has 0 bridgehead atoms. The maximum absolute atomic E-state index is 13.0. The van der Waals surface area contributed by atoms with E-state index in [2.05, 4.69) is 5.32 Å². The van der Waals surface area contributed by atoms with Crippen LogP contribution < -0.4 is 14.4 Å². The summed E-state index contributed by atoms with van der Waals surface area (Å²) in [4.78, 5) is 13.0. The lowest BCUT2D eigenvalue weighted by Crippen LogP contribution is -2.47. The Labute approximate surface area is 179 Å². The Balaban J connectivity index is 1.74. The highest BCUT2D eigenvalue weighted by Gasteiger charge is 2.31. The Morgan fingerprint density at radius 3 is 2.23 bits per heavy atom. The first-order chi connectivity index (χ1) is 14.3. The molecule has 0 spiro atoms. The molecular weight excluding hydrogens is 400 g/mol. The van der Waals surface area contributed by atoms with Crippen molar-refractivity contribution in [3.8, 4) is 5.75 Å². The van der Waals surface area contributed by atoms with E-state index in [4.69, 9.17) is 4.74 Å². The van der Waals surface area contributed by atoms with E-state index in [0.717, 1.165) is 30.4 Å². The van der Waals surface area contributed by atoms with Crippen LogP contribution >= 0.6 is 0 Å². The fourth-order valence-electron chi connectivity index (χ4n) is 3.79. The van der Waals surface area contributed by atoms with Crippen molar-refractivity contribution in [1.82, 2.24) is 0 Å². The van der Waals surface area contributed by atoms with Crippen LogP contribution in [0.15, 0.2) is 48.5 Å². The molecule has 1 saturated carbocycles. The van der Waals surface area contributed by atoms with E-state index in [1.807, 2.05) is 31.2 Å². The molecule has 0 aromatic heterocycles. The second-order valence-corrected chi connectivity index (χ2v) is 9.72. The predicted octanol–water partition coefficient (Wildman–Crippen LogP) is 4.50. The van der Waals surface area contributed by atoms with Gasteiger partial charge in [0.1, 0.15) is 11.8 Å². The highest BCUT2D eigenvalue weighted by molar-refractivity contribution is 7.92. The summed E-state index contributed by atoms with van der Waals surface area (Å²) in [5.41, 5.74) is 2.10. The molecule has 0 aliphatic heterocycles. The number of rotatable bonds is 8. The van der Waals surface area contributed by atoms with Gasteiger partial charge in [-0.05, 0) is 75.4 Å². The van der Waals surface area contributed by atoms with E-state index in [0.29, 0.717) is 17.8 Å². The van der Waals surface area contributed by atoms with Crippen molar-refractivity contribution in [2.45, 2.75) is 58.1 Å². The molecule has 1 N–H and O–H groups in total. The third-order valence-electron chi connectivity index (χ3n) is 5.34. The summed E-state index contributed by atoms with van der Waals surface area (Å²) in [7, 11) is -3.65. The van der Waals surface area contributed by atoms with Crippen LogP contribution in [0.2, 0.25) is 0 Å².